The van der Waals surface area contributed by atoms with Gasteiger partial charge in [-0.3, -0.25) is 4.79 Å². The van der Waals surface area contributed by atoms with Gasteiger partial charge in [-0.2, -0.15) is 0 Å². The predicted octanol–water partition coefficient (Wildman–Crippen LogP) is 5.81. The minimum absolute atomic E-state index is 0.00971. The van der Waals surface area contributed by atoms with E-state index in [9.17, 15) is 9.59 Å². The quantitative estimate of drug-likeness (QED) is 0.499. The van der Waals surface area contributed by atoms with E-state index in [0.717, 1.165) is 49.7 Å². The summed E-state index contributed by atoms with van der Waals surface area (Å²) in [5.74, 6) is 0.211. The summed E-state index contributed by atoms with van der Waals surface area (Å²) in [6, 6.07) is 19.3. The second-order valence-electron chi connectivity index (χ2n) is 8.23. The molecule has 2 amide bonds. The zero-order chi connectivity index (χ0) is 21.3. The van der Waals surface area contributed by atoms with Gasteiger partial charge >= 0.3 is 6.03 Å². The Kier molecular flexibility index (Phi) is 8.06. The zero-order valence-electron chi connectivity index (χ0n) is 18.3. The fourth-order valence-corrected chi connectivity index (χ4v) is 4.27. The standard InChI is InChI=1S/C26H34N2O2/c1-3-5-17-23-25(29)24(18-6-4-2)28(20-22-15-11-8-12-16-22)26(30)27(23)19-21-13-9-7-10-14-21/h7-16,23-24H,3-6,17-20H2,1-2H3/t23-,24-/m0/s1. The average Bonchev–Trinajstić information content (AvgIpc) is 2.78. The number of ketones is 1. The molecule has 0 unspecified atom stereocenters. The Morgan fingerprint density at radius 3 is 1.43 bits per heavy atom. The molecule has 4 nitrogen and oxygen atoms in total. The van der Waals surface area contributed by atoms with E-state index in [0.29, 0.717) is 13.1 Å². The molecule has 0 bridgehead atoms. The van der Waals surface area contributed by atoms with Crippen LogP contribution in [0.3, 0.4) is 0 Å². The number of carbonyl (C=O) groups excluding carboxylic acids is 2. The van der Waals surface area contributed by atoms with Crippen LogP contribution in [0.25, 0.3) is 0 Å². The van der Waals surface area contributed by atoms with E-state index in [1.165, 1.54) is 0 Å². The van der Waals surface area contributed by atoms with E-state index in [-0.39, 0.29) is 23.9 Å². The maximum Gasteiger partial charge on any atom is 0.321 e. The normalized spacial score (nSPS) is 19.4. The maximum atomic E-state index is 13.7. The molecule has 0 N–H and O–H groups in total. The van der Waals surface area contributed by atoms with E-state index >= 15 is 0 Å². The van der Waals surface area contributed by atoms with Gasteiger partial charge in [0.1, 0.15) is 0 Å². The first-order valence-electron chi connectivity index (χ1n) is 11.3. The lowest BCUT2D eigenvalue weighted by Crippen LogP contribution is -2.63. The number of urea groups is 1. The van der Waals surface area contributed by atoms with Gasteiger partial charge in [0.15, 0.2) is 5.78 Å². The monoisotopic (exact) mass is 406 g/mol. The van der Waals surface area contributed by atoms with Crippen LogP contribution in [0, 0.1) is 0 Å². The molecular weight excluding hydrogens is 372 g/mol. The van der Waals surface area contributed by atoms with Crippen LogP contribution in [-0.4, -0.2) is 33.7 Å². The van der Waals surface area contributed by atoms with Gasteiger partial charge in [0.05, 0.1) is 12.1 Å². The van der Waals surface area contributed by atoms with Crippen molar-refractivity contribution in [2.75, 3.05) is 0 Å². The van der Waals surface area contributed by atoms with Crippen molar-refractivity contribution in [2.45, 2.75) is 77.5 Å². The van der Waals surface area contributed by atoms with Crippen molar-refractivity contribution in [3.8, 4) is 0 Å². The molecule has 0 saturated carbocycles. The number of hydrogen-bond acceptors (Lipinski definition) is 2. The lowest BCUT2D eigenvalue weighted by atomic mass is 9.91. The minimum Gasteiger partial charge on any atom is -0.310 e. The number of benzene rings is 2. The van der Waals surface area contributed by atoms with Crippen molar-refractivity contribution in [3.05, 3.63) is 71.8 Å². The second-order valence-corrected chi connectivity index (χ2v) is 8.23. The Morgan fingerprint density at radius 2 is 1.07 bits per heavy atom. The van der Waals surface area contributed by atoms with Gasteiger partial charge in [-0.05, 0) is 24.0 Å². The van der Waals surface area contributed by atoms with Crippen LogP contribution >= 0.6 is 0 Å². The van der Waals surface area contributed by atoms with Crippen LogP contribution in [-0.2, 0) is 17.9 Å². The Hall–Kier alpha value is -2.62. The summed E-state index contributed by atoms with van der Waals surface area (Å²) in [5, 5.41) is 0. The van der Waals surface area contributed by atoms with Gasteiger partial charge < -0.3 is 9.80 Å². The molecule has 0 radical (unpaired) electrons. The summed E-state index contributed by atoms with van der Waals surface area (Å²) in [5.41, 5.74) is 2.12. The summed E-state index contributed by atoms with van der Waals surface area (Å²) in [6.45, 7) is 5.22. The number of unbranched alkanes of at least 4 members (excludes halogenated alkanes) is 2. The van der Waals surface area contributed by atoms with Crippen LogP contribution in [0.1, 0.15) is 63.5 Å². The third kappa shape index (κ3) is 5.29. The first-order chi connectivity index (χ1) is 14.7. The molecule has 2 aromatic rings. The highest BCUT2D eigenvalue weighted by atomic mass is 16.2. The third-order valence-electron chi connectivity index (χ3n) is 5.95. The van der Waals surface area contributed by atoms with E-state index in [1.807, 2.05) is 70.5 Å². The highest BCUT2D eigenvalue weighted by Crippen LogP contribution is 2.29. The Bertz CT molecular complexity index is 741. The first kappa shape index (κ1) is 22.1. The van der Waals surface area contributed by atoms with Gasteiger partial charge in [0.2, 0.25) is 0 Å². The fourth-order valence-electron chi connectivity index (χ4n) is 4.27. The molecule has 1 aliphatic heterocycles. The molecule has 0 spiro atoms. The maximum absolute atomic E-state index is 13.7. The second kappa shape index (κ2) is 11.0. The van der Waals surface area contributed by atoms with Gasteiger partial charge in [0, 0.05) is 13.1 Å². The Labute approximate surface area is 180 Å². The Balaban J connectivity index is 1.92. The summed E-state index contributed by atoms with van der Waals surface area (Å²) in [7, 11) is 0. The smallest absolute Gasteiger partial charge is 0.310 e. The van der Waals surface area contributed by atoms with E-state index < -0.39 is 0 Å². The molecule has 1 heterocycles. The molecule has 1 saturated heterocycles. The van der Waals surface area contributed by atoms with Crippen LogP contribution in [0.4, 0.5) is 4.79 Å². The molecule has 0 aliphatic carbocycles. The van der Waals surface area contributed by atoms with Crippen molar-refractivity contribution in [2.24, 2.45) is 0 Å². The Morgan fingerprint density at radius 1 is 0.667 bits per heavy atom. The number of hydrogen-bond donors (Lipinski definition) is 0. The van der Waals surface area contributed by atoms with E-state index in [1.54, 1.807) is 0 Å². The lowest BCUT2D eigenvalue weighted by molar-refractivity contribution is -0.132. The number of nitrogens with zero attached hydrogens (tertiary/aromatic N) is 2. The van der Waals surface area contributed by atoms with Crippen LogP contribution in [0.2, 0.25) is 0 Å². The third-order valence-corrected chi connectivity index (χ3v) is 5.95. The molecule has 1 aliphatic rings. The van der Waals surface area contributed by atoms with E-state index in [2.05, 4.69) is 13.8 Å². The van der Waals surface area contributed by atoms with Crippen LogP contribution < -0.4 is 0 Å². The molecule has 0 aromatic heterocycles. The van der Waals surface area contributed by atoms with Crippen molar-refractivity contribution in [1.29, 1.82) is 0 Å². The SMILES string of the molecule is CCCC[C@H]1C(=O)[C@H](CCCC)N(Cc2ccccc2)C(=O)N1Cc1ccccc1. The average molecular weight is 407 g/mol. The molecular formula is C26H34N2O2. The number of rotatable bonds is 10. The number of carbonyl (C=O) groups is 2. The molecule has 2 atom stereocenters. The first-order valence-corrected chi connectivity index (χ1v) is 11.3. The van der Waals surface area contributed by atoms with Crippen molar-refractivity contribution in [3.63, 3.8) is 0 Å². The summed E-state index contributed by atoms with van der Waals surface area (Å²) >= 11 is 0. The molecule has 2 aromatic carbocycles. The van der Waals surface area contributed by atoms with Crippen molar-refractivity contribution < 1.29 is 9.59 Å². The van der Waals surface area contributed by atoms with Gasteiger partial charge in [0.25, 0.3) is 0 Å². The summed E-state index contributed by atoms with van der Waals surface area (Å²) in [6.07, 6.45) is 5.43. The molecule has 160 valence electrons. The largest absolute Gasteiger partial charge is 0.321 e. The van der Waals surface area contributed by atoms with E-state index in [4.69, 9.17) is 0 Å². The topological polar surface area (TPSA) is 40.6 Å². The highest BCUT2D eigenvalue weighted by molar-refractivity contribution is 5.98. The van der Waals surface area contributed by atoms with Gasteiger partial charge in [-0.1, -0.05) is 100 Å². The predicted molar refractivity (Wildman–Crippen MR) is 121 cm³/mol. The summed E-state index contributed by atoms with van der Waals surface area (Å²) in [4.78, 5) is 31.0. The fraction of sp³-hybridized carbons (Fsp3) is 0.462. The number of Topliss-reactive ketones (excluding diaryl/α,β-unsaturated/α-hetero) is 1. The molecule has 3 rings (SSSR count). The van der Waals surface area contributed by atoms with Crippen molar-refractivity contribution >= 4 is 11.8 Å². The van der Waals surface area contributed by atoms with Crippen molar-refractivity contribution in [1.82, 2.24) is 9.80 Å². The number of amides is 2. The molecule has 1 fully saturated rings. The summed E-state index contributed by atoms with van der Waals surface area (Å²) < 4.78 is 0. The van der Waals surface area contributed by atoms with Crippen LogP contribution in [0.5, 0.6) is 0 Å². The van der Waals surface area contributed by atoms with Gasteiger partial charge in [-0.25, -0.2) is 4.79 Å². The lowest BCUT2D eigenvalue weighted by Gasteiger charge is -2.45. The highest BCUT2D eigenvalue weighted by Gasteiger charge is 2.44. The molecule has 4 heteroatoms. The van der Waals surface area contributed by atoms with Crippen LogP contribution in [0.15, 0.2) is 60.7 Å². The van der Waals surface area contributed by atoms with Gasteiger partial charge in [-0.15, -0.1) is 0 Å². The molecule has 30 heavy (non-hydrogen) atoms. The minimum atomic E-state index is -0.327. The zero-order valence-corrected chi connectivity index (χ0v) is 18.3.